The molecule has 0 bridgehead atoms. The highest BCUT2D eigenvalue weighted by Gasteiger charge is 2.33. The fourth-order valence-electron chi connectivity index (χ4n) is 5.77. The first-order chi connectivity index (χ1) is 18.8. The number of ether oxygens (including phenoxy) is 1. The molecule has 2 aromatic rings. The summed E-state index contributed by atoms with van der Waals surface area (Å²) in [6, 6.07) is 7.09. The molecule has 0 unspecified atom stereocenters. The number of anilines is 2. The van der Waals surface area contributed by atoms with Gasteiger partial charge in [-0.3, -0.25) is 13.9 Å². The summed E-state index contributed by atoms with van der Waals surface area (Å²) in [5.74, 6) is 1.23. The minimum Gasteiger partial charge on any atom is -0.378 e. The summed E-state index contributed by atoms with van der Waals surface area (Å²) in [6.45, 7) is 6.54. The Hall–Kier alpha value is -3.18. The molecule has 0 N–H and O–H groups in total. The molecule has 0 atom stereocenters. The quantitative estimate of drug-likeness (QED) is 0.560. The van der Waals surface area contributed by atoms with Crippen molar-refractivity contribution in [3.8, 4) is 0 Å². The van der Waals surface area contributed by atoms with E-state index in [-0.39, 0.29) is 23.1 Å². The van der Waals surface area contributed by atoms with Crippen molar-refractivity contribution in [1.82, 2.24) is 14.8 Å². The number of hydrogen-bond donors (Lipinski definition) is 0. The van der Waals surface area contributed by atoms with Gasteiger partial charge < -0.3 is 19.4 Å². The highest BCUT2D eigenvalue weighted by atomic mass is 32.2. The first kappa shape index (κ1) is 26.1. The smallest absolute Gasteiger partial charge is 0.254 e. The van der Waals surface area contributed by atoms with Gasteiger partial charge in [-0.1, -0.05) is 6.07 Å². The Morgan fingerprint density at radius 2 is 1.59 bits per heavy atom. The van der Waals surface area contributed by atoms with Crippen LogP contribution in [0.1, 0.15) is 57.0 Å². The third-order valence-electron chi connectivity index (χ3n) is 8.14. The molecule has 1 aliphatic carbocycles. The van der Waals surface area contributed by atoms with Gasteiger partial charge in [-0.25, -0.2) is 13.4 Å². The highest BCUT2D eigenvalue weighted by Crippen LogP contribution is 2.40. The molecule has 0 spiro atoms. The topological polar surface area (TPSA) is 103 Å². The van der Waals surface area contributed by atoms with Gasteiger partial charge in [0.15, 0.2) is 0 Å². The number of sulfonamides is 1. The third-order valence-corrected chi connectivity index (χ3v) is 10.0. The molecule has 208 valence electrons. The predicted octanol–water partition coefficient (Wildman–Crippen LogP) is 2.24. The highest BCUT2D eigenvalue weighted by molar-refractivity contribution is 7.93. The maximum Gasteiger partial charge on any atom is 0.254 e. The van der Waals surface area contributed by atoms with E-state index in [1.807, 2.05) is 6.20 Å². The van der Waals surface area contributed by atoms with Crippen molar-refractivity contribution < 1.29 is 22.7 Å². The molecule has 1 aromatic carbocycles. The number of rotatable bonds is 5. The Balaban J connectivity index is 1.22. The van der Waals surface area contributed by atoms with Crippen LogP contribution in [-0.2, 0) is 14.8 Å². The minimum absolute atomic E-state index is 0.0857. The Morgan fingerprint density at radius 1 is 0.897 bits per heavy atom. The van der Waals surface area contributed by atoms with Gasteiger partial charge in [-0.15, -0.1) is 0 Å². The maximum atomic E-state index is 13.8. The number of morpholine rings is 1. The maximum absolute atomic E-state index is 13.8. The molecule has 1 aromatic heterocycles. The molecule has 4 fully saturated rings. The van der Waals surface area contributed by atoms with Crippen molar-refractivity contribution in [2.24, 2.45) is 0 Å². The molecular weight excluding hydrogens is 518 g/mol. The molecule has 3 aliphatic heterocycles. The molecule has 2 amide bonds. The lowest BCUT2D eigenvalue weighted by atomic mass is 10.0. The number of amides is 2. The number of aromatic nitrogens is 1. The second kappa shape index (κ2) is 10.4. The average Bonchev–Trinajstić information content (AvgIpc) is 3.75. The van der Waals surface area contributed by atoms with E-state index in [2.05, 4.69) is 17.9 Å². The van der Waals surface area contributed by atoms with E-state index < -0.39 is 10.0 Å². The summed E-state index contributed by atoms with van der Waals surface area (Å²) < 4.78 is 31.9. The van der Waals surface area contributed by atoms with Gasteiger partial charge in [0.2, 0.25) is 10.0 Å². The molecule has 1 saturated carbocycles. The van der Waals surface area contributed by atoms with Crippen LogP contribution < -0.4 is 9.21 Å². The van der Waals surface area contributed by atoms with Crippen LogP contribution in [0.4, 0.5) is 11.5 Å². The Morgan fingerprint density at radius 3 is 2.23 bits per heavy atom. The van der Waals surface area contributed by atoms with Gasteiger partial charge in [0.05, 0.1) is 35.8 Å². The number of piperazine rings is 1. The third kappa shape index (κ3) is 5.21. The van der Waals surface area contributed by atoms with E-state index in [9.17, 15) is 18.0 Å². The van der Waals surface area contributed by atoms with Crippen molar-refractivity contribution in [2.75, 3.05) is 74.0 Å². The van der Waals surface area contributed by atoms with Gasteiger partial charge in [0.25, 0.3) is 11.8 Å². The van der Waals surface area contributed by atoms with Crippen LogP contribution in [0.15, 0.2) is 30.5 Å². The van der Waals surface area contributed by atoms with Crippen LogP contribution in [0.25, 0.3) is 0 Å². The van der Waals surface area contributed by atoms with Crippen molar-refractivity contribution in [1.29, 1.82) is 0 Å². The molecule has 39 heavy (non-hydrogen) atoms. The monoisotopic (exact) mass is 553 g/mol. The van der Waals surface area contributed by atoms with Gasteiger partial charge in [-0.05, 0) is 61.4 Å². The predicted molar refractivity (Wildman–Crippen MR) is 148 cm³/mol. The summed E-state index contributed by atoms with van der Waals surface area (Å²) in [7, 11) is -3.42. The number of benzene rings is 1. The van der Waals surface area contributed by atoms with Crippen LogP contribution in [0.5, 0.6) is 0 Å². The van der Waals surface area contributed by atoms with Crippen LogP contribution in [0.3, 0.4) is 0 Å². The van der Waals surface area contributed by atoms with E-state index in [0.29, 0.717) is 82.6 Å². The molecule has 0 radical (unpaired) electrons. The number of aryl methyl sites for hydroxylation is 1. The zero-order chi connectivity index (χ0) is 27.1. The average molecular weight is 554 g/mol. The summed E-state index contributed by atoms with van der Waals surface area (Å²) in [4.78, 5) is 37.8. The van der Waals surface area contributed by atoms with Crippen LogP contribution in [0, 0.1) is 6.92 Å². The van der Waals surface area contributed by atoms with E-state index in [0.717, 1.165) is 11.4 Å². The number of pyridine rings is 1. The molecule has 4 heterocycles. The van der Waals surface area contributed by atoms with Crippen molar-refractivity contribution in [2.45, 2.75) is 32.1 Å². The number of carbonyl (C=O) groups is 2. The first-order valence-corrected chi connectivity index (χ1v) is 15.4. The Bertz CT molecular complexity index is 1380. The Kier molecular flexibility index (Phi) is 6.96. The van der Waals surface area contributed by atoms with Crippen LogP contribution in [-0.4, -0.2) is 99.8 Å². The summed E-state index contributed by atoms with van der Waals surface area (Å²) in [6.07, 6.45) is 5.01. The molecule has 3 saturated heterocycles. The SMILES string of the molecule is Cc1cc(C2CC2)cnc1N1CCN(C(=O)c2ccc(N3CCCS3(=O)=O)cc2C(=O)N2CCOCC2)CC1. The summed E-state index contributed by atoms with van der Waals surface area (Å²) in [5, 5.41) is 0. The Labute approximate surface area is 229 Å². The standard InChI is InChI=1S/C28H35N5O5S/c1-20-17-22(21-3-4-21)19-29-26(20)30-8-10-31(11-9-30)27(34)24-6-5-23(33-7-2-16-39(33,36)37)18-25(24)28(35)32-12-14-38-15-13-32/h5-6,17-19,21H,2-4,7-16H2,1H3. The lowest BCUT2D eigenvalue weighted by molar-refractivity contribution is 0.0301. The lowest BCUT2D eigenvalue weighted by Crippen LogP contribution is -2.49. The van der Waals surface area contributed by atoms with E-state index in [1.54, 1.807) is 28.0 Å². The molecule has 6 rings (SSSR count). The molecule has 10 nitrogen and oxygen atoms in total. The second-order valence-corrected chi connectivity index (χ2v) is 12.9. The van der Waals surface area contributed by atoms with Crippen LogP contribution >= 0.6 is 0 Å². The fraction of sp³-hybridized carbons (Fsp3) is 0.536. The minimum atomic E-state index is -3.42. The zero-order valence-electron chi connectivity index (χ0n) is 22.3. The number of nitrogens with zero attached hydrogens (tertiary/aromatic N) is 5. The number of carbonyl (C=O) groups excluding carboxylic acids is 2. The molecule has 4 aliphatic rings. The fourth-order valence-corrected chi connectivity index (χ4v) is 7.33. The van der Waals surface area contributed by atoms with E-state index in [4.69, 9.17) is 9.72 Å². The van der Waals surface area contributed by atoms with Gasteiger partial charge in [-0.2, -0.15) is 0 Å². The van der Waals surface area contributed by atoms with Gasteiger partial charge in [0.1, 0.15) is 5.82 Å². The largest absolute Gasteiger partial charge is 0.378 e. The molecule has 11 heteroatoms. The zero-order valence-corrected chi connectivity index (χ0v) is 23.2. The molecular formula is C28H35N5O5S. The van der Waals surface area contributed by atoms with Crippen molar-refractivity contribution >= 4 is 33.3 Å². The normalized spacial score (nSPS) is 21.4. The lowest BCUT2D eigenvalue weighted by Gasteiger charge is -2.36. The first-order valence-electron chi connectivity index (χ1n) is 13.8. The van der Waals surface area contributed by atoms with Crippen LogP contribution in [0.2, 0.25) is 0 Å². The summed E-state index contributed by atoms with van der Waals surface area (Å²) in [5.41, 5.74) is 3.46. The number of hydrogen-bond acceptors (Lipinski definition) is 7. The van der Waals surface area contributed by atoms with Gasteiger partial charge in [0, 0.05) is 52.0 Å². The van der Waals surface area contributed by atoms with Crippen molar-refractivity contribution in [3.63, 3.8) is 0 Å². The van der Waals surface area contributed by atoms with E-state index >= 15 is 0 Å². The van der Waals surface area contributed by atoms with E-state index in [1.165, 1.54) is 22.7 Å². The summed E-state index contributed by atoms with van der Waals surface area (Å²) >= 11 is 0. The second-order valence-electron chi connectivity index (χ2n) is 10.8. The van der Waals surface area contributed by atoms with Gasteiger partial charge >= 0.3 is 0 Å². The van der Waals surface area contributed by atoms with Crippen molar-refractivity contribution in [3.05, 3.63) is 52.7 Å².